The third-order valence-electron chi connectivity index (χ3n) is 6.91. The molecule has 2 heteroatoms. The maximum absolute atomic E-state index is 3.66. The number of rotatable bonds is 28. The second kappa shape index (κ2) is 33.9. The summed E-state index contributed by atoms with van der Waals surface area (Å²) < 4.78 is 0. The minimum Gasteiger partial charge on any atom is -0.317 e. The smallest absolute Gasteiger partial charge is 0.316 e. The van der Waals surface area contributed by atoms with Crippen LogP contribution in [0.25, 0.3) is 0 Å². The summed E-state index contributed by atoms with van der Waals surface area (Å²) in [4.78, 5) is 0. The SMILES string of the molecule is CCCCCCCCCCCCCCCNCCCCCCCCCCCCCCC.[MgH2]. The molecule has 0 spiro atoms. The number of hydrogen-bond donors (Lipinski definition) is 1. The van der Waals surface area contributed by atoms with E-state index in [4.69, 9.17) is 0 Å². The van der Waals surface area contributed by atoms with Crippen molar-refractivity contribution in [1.29, 1.82) is 0 Å². The van der Waals surface area contributed by atoms with Crippen molar-refractivity contribution in [3.05, 3.63) is 0 Å². The van der Waals surface area contributed by atoms with Crippen LogP contribution in [0.4, 0.5) is 0 Å². The molecule has 0 fully saturated rings. The average Bonchev–Trinajstić information content (AvgIpc) is 2.78. The molecule has 0 bridgehead atoms. The van der Waals surface area contributed by atoms with Crippen molar-refractivity contribution in [2.75, 3.05) is 13.1 Å². The Bertz CT molecular complexity index is 267. The number of nitrogens with one attached hydrogen (secondary N) is 1. The Kier molecular flexibility index (Phi) is 37.0. The zero-order valence-corrected chi connectivity index (χ0v) is 22.3. The first-order valence-electron chi connectivity index (χ1n) is 15.1. The van der Waals surface area contributed by atoms with Crippen molar-refractivity contribution in [3.63, 3.8) is 0 Å². The molecule has 0 heterocycles. The van der Waals surface area contributed by atoms with Gasteiger partial charge in [-0.1, -0.05) is 168 Å². The van der Waals surface area contributed by atoms with Crippen molar-refractivity contribution in [2.24, 2.45) is 0 Å². The molecule has 0 radical (unpaired) electrons. The highest BCUT2D eigenvalue weighted by Crippen LogP contribution is 2.13. The van der Waals surface area contributed by atoms with Crippen LogP contribution in [0.2, 0.25) is 0 Å². The number of hydrogen-bond acceptors (Lipinski definition) is 1. The van der Waals surface area contributed by atoms with Gasteiger partial charge in [-0.25, -0.2) is 0 Å². The van der Waals surface area contributed by atoms with E-state index in [9.17, 15) is 0 Å². The van der Waals surface area contributed by atoms with E-state index in [0.717, 1.165) is 0 Å². The minimum absolute atomic E-state index is 0. The van der Waals surface area contributed by atoms with Gasteiger partial charge < -0.3 is 5.32 Å². The normalized spacial score (nSPS) is 11.1. The fraction of sp³-hybridized carbons (Fsp3) is 1.00. The monoisotopic (exact) mass is 463 g/mol. The molecule has 0 unspecified atom stereocenters. The van der Waals surface area contributed by atoms with E-state index in [-0.39, 0.29) is 23.1 Å². The lowest BCUT2D eigenvalue weighted by atomic mass is 10.0. The molecule has 0 saturated carbocycles. The zero-order chi connectivity index (χ0) is 22.5. The fourth-order valence-electron chi connectivity index (χ4n) is 4.66. The Morgan fingerprint density at radius 2 is 0.469 bits per heavy atom. The van der Waals surface area contributed by atoms with Crippen LogP contribution >= 0.6 is 0 Å². The van der Waals surface area contributed by atoms with Crippen LogP contribution < -0.4 is 5.32 Å². The van der Waals surface area contributed by atoms with Crippen LogP contribution in [-0.4, -0.2) is 36.1 Å². The Balaban J connectivity index is 0. The molecule has 0 aliphatic heterocycles. The second-order valence-electron chi connectivity index (χ2n) is 10.2. The van der Waals surface area contributed by atoms with Gasteiger partial charge in [0.2, 0.25) is 0 Å². The first kappa shape index (κ1) is 34.9. The van der Waals surface area contributed by atoms with Crippen LogP contribution in [-0.2, 0) is 0 Å². The molecule has 32 heavy (non-hydrogen) atoms. The molecule has 0 aliphatic carbocycles. The van der Waals surface area contributed by atoms with Crippen LogP contribution in [0, 0.1) is 0 Å². The summed E-state index contributed by atoms with van der Waals surface area (Å²) in [5.74, 6) is 0. The molecular weight excluding hydrogens is 399 g/mol. The summed E-state index contributed by atoms with van der Waals surface area (Å²) >= 11 is 0. The van der Waals surface area contributed by atoms with Gasteiger partial charge in [-0.15, -0.1) is 0 Å². The summed E-state index contributed by atoms with van der Waals surface area (Å²) in [5.41, 5.74) is 0. The molecule has 0 amide bonds. The Morgan fingerprint density at radius 3 is 0.688 bits per heavy atom. The summed E-state index contributed by atoms with van der Waals surface area (Å²) in [6.45, 7) is 7.10. The van der Waals surface area contributed by atoms with Gasteiger partial charge in [0, 0.05) is 0 Å². The van der Waals surface area contributed by atoms with E-state index >= 15 is 0 Å². The molecule has 0 aromatic carbocycles. The van der Waals surface area contributed by atoms with Gasteiger partial charge >= 0.3 is 23.1 Å². The summed E-state index contributed by atoms with van der Waals surface area (Å²) in [6.07, 6.45) is 37.7. The van der Waals surface area contributed by atoms with Gasteiger partial charge in [0.15, 0.2) is 0 Å². The van der Waals surface area contributed by atoms with Crippen LogP contribution in [0.3, 0.4) is 0 Å². The average molecular weight is 464 g/mol. The minimum atomic E-state index is 0. The van der Waals surface area contributed by atoms with E-state index in [2.05, 4.69) is 19.2 Å². The van der Waals surface area contributed by atoms with Crippen molar-refractivity contribution in [2.45, 2.75) is 181 Å². The topological polar surface area (TPSA) is 12.0 Å². The highest BCUT2D eigenvalue weighted by molar-refractivity contribution is 5.75. The quantitative estimate of drug-likeness (QED) is 0.0898. The third-order valence-corrected chi connectivity index (χ3v) is 6.91. The van der Waals surface area contributed by atoms with Gasteiger partial charge in [0.05, 0.1) is 0 Å². The van der Waals surface area contributed by atoms with Gasteiger partial charge in [-0.2, -0.15) is 0 Å². The Hall–Kier alpha value is 0.726. The van der Waals surface area contributed by atoms with Crippen LogP contribution in [0.1, 0.15) is 181 Å². The van der Waals surface area contributed by atoms with E-state index < -0.39 is 0 Å². The van der Waals surface area contributed by atoms with Crippen molar-refractivity contribution in [1.82, 2.24) is 5.32 Å². The molecule has 0 atom stereocenters. The lowest BCUT2D eigenvalue weighted by Gasteiger charge is -2.06. The van der Waals surface area contributed by atoms with Crippen molar-refractivity contribution in [3.8, 4) is 0 Å². The molecule has 0 saturated heterocycles. The molecular formula is C30H65MgN. The molecule has 1 N–H and O–H groups in total. The third kappa shape index (κ3) is 32.9. The van der Waals surface area contributed by atoms with Crippen molar-refractivity contribution < 1.29 is 0 Å². The molecule has 0 aliphatic rings. The first-order chi connectivity index (χ1) is 15.4. The largest absolute Gasteiger partial charge is 0.317 e. The van der Waals surface area contributed by atoms with Crippen LogP contribution in [0.5, 0.6) is 0 Å². The second-order valence-corrected chi connectivity index (χ2v) is 10.2. The molecule has 1 nitrogen and oxygen atoms in total. The molecule has 0 aromatic rings. The zero-order valence-electron chi connectivity index (χ0n) is 22.3. The number of unbranched alkanes of at least 4 members (excludes halogenated alkanes) is 24. The van der Waals surface area contributed by atoms with Crippen LogP contribution in [0.15, 0.2) is 0 Å². The lowest BCUT2D eigenvalue weighted by molar-refractivity contribution is 0.519. The van der Waals surface area contributed by atoms with E-state index in [1.165, 1.54) is 180 Å². The van der Waals surface area contributed by atoms with Gasteiger partial charge in [0.1, 0.15) is 0 Å². The van der Waals surface area contributed by atoms with Crippen molar-refractivity contribution >= 4 is 23.1 Å². The van der Waals surface area contributed by atoms with Gasteiger partial charge in [-0.3, -0.25) is 0 Å². The summed E-state index contributed by atoms with van der Waals surface area (Å²) in [5, 5.41) is 3.66. The highest BCUT2D eigenvalue weighted by Gasteiger charge is 1.96. The summed E-state index contributed by atoms with van der Waals surface area (Å²) in [7, 11) is 0. The Labute approximate surface area is 221 Å². The lowest BCUT2D eigenvalue weighted by Crippen LogP contribution is -2.16. The molecule has 192 valence electrons. The fourth-order valence-corrected chi connectivity index (χ4v) is 4.66. The van der Waals surface area contributed by atoms with Gasteiger partial charge in [-0.05, 0) is 25.9 Å². The predicted molar refractivity (Wildman–Crippen MR) is 153 cm³/mol. The first-order valence-corrected chi connectivity index (χ1v) is 15.1. The molecule has 0 aromatic heterocycles. The predicted octanol–water partition coefficient (Wildman–Crippen LogP) is 9.84. The Morgan fingerprint density at radius 1 is 0.281 bits per heavy atom. The highest BCUT2D eigenvalue weighted by atomic mass is 24.3. The standard InChI is InChI=1S/C30H63N.Mg.2H/c1-3-5-7-9-11-13-15-17-19-21-23-25-27-29-31-30-28-26-24-22-20-18-16-14-12-10-8-6-4-2;;;/h31H,3-30H2,1-2H3;;;. The molecule has 0 rings (SSSR count). The van der Waals surface area contributed by atoms with Gasteiger partial charge in [0.25, 0.3) is 0 Å². The van der Waals surface area contributed by atoms with E-state index in [1.807, 2.05) is 0 Å². The van der Waals surface area contributed by atoms with E-state index in [1.54, 1.807) is 0 Å². The summed E-state index contributed by atoms with van der Waals surface area (Å²) in [6, 6.07) is 0. The maximum atomic E-state index is 3.66. The maximum Gasteiger partial charge on any atom is 0.316 e. The van der Waals surface area contributed by atoms with E-state index in [0.29, 0.717) is 0 Å².